The molecule has 0 fully saturated rings. The van der Waals surface area contributed by atoms with Crippen molar-refractivity contribution >= 4 is 23.6 Å². The lowest BCUT2D eigenvalue weighted by molar-refractivity contribution is -0.116. The number of rotatable bonds is 12. The van der Waals surface area contributed by atoms with E-state index >= 15 is 0 Å². The zero-order chi connectivity index (χ0) is 14.3. The van der Waals surface area contributed by atoms with Gasteiger partial charge in [-0.05, 0) is 18.9 Å². The summed E-state index contributed by atoms with van der Waals surface area (Å²) in [5.41, 5.74) is 5.00. The van der Waals surface area contributed by atoms with E-state index in [-0.39, 0.29) is 11.8 Å². The SMILES string of the molecule is CCCCCCCC=CC(=O)NCCSCC(N)=O. The van der Waals surface area contributed by atoms with Gasteiger partial charge in [0.25, 0.3) is 0 Å². The molecule has 0 aliphatic heterocycles. The predicted octanol–water partition coefficient (Wildman–Crippen LogP) is 2.24. The van der Waals surface area contributed by atoms with Crippen molar-refractivity contribution in [1.29, 1.82) is 0 Å². The van der Waals surface area contributed by atoms with Crippen LogP contribution in [0, 0.1) is 0 Å². The predicted molar refractivity (Wildman–Crippen MR) is 82.0 cm³/mol. The van der Waals surface area contributed by atoms with Gasteiger partial charge >= 0.3 is 0 Å². The quantitative estimate of drug-likeness (QED) is 0.427. The molecular weight excluding hydrogens is 260 g/mol. The Hall–Kier alpha value is -0.970. The van der Waals surface area contributed by atoms with E-state index in [1.807, 2.05) is 6.08 Å². The zero-order valence-corrected chi connectivity index (χ0v) is 12.6. The van der Waals surface area contributed by atoms with Gasteiger partial charge in [-0.25, -0.2) is 0 Å². The zero-order valence-electron chi connectivity index (χ0n) is 11.8. The summed E-state index contributed by atoms with van der Waals surface area (Å²) in [4.78, 5) is 21.8. The number of hydrogen-bond donors (Lipinski definition) is 2. The molecule has 0 aromatic rings. The van der Waals surface area contributed by atoms with Crippen molar-refractivity contribution < 1.29 is 9.59 Å². The van der Waals surface area contributed by atoms with Gasteiger partial charge in [0.05, 0.1) is 5.75 Å². The first-order chi connectivity index (χ1) is 9.16. The second-order valence-corrected chi connectivity index (χ2v) is 5.52. The second-order valence-electron chi connectivity index (χ2n) is 4.42. The summed E-state index contributed by atoms with van der Waals surface area (Å²) in [6.45, 7) is 2.77. The first-order valence-corrected chi connectivity index (χ1v) is 8.12. The van der Waals surface area contributed by atoms with Gasteiger partial charge < -0.3 is 11.1 Å². The van der Waals surface area contributed by atoms with Crippen molar-refractivity contribution in [2.45, 2.75) is 45.4 Å². The van der Waals surface area contributed by atoms with Crippen molar-refractivity contribution in [3.8, 4) is 0 Å². The number of nitrogens with one attached hydrogen (secondary N) is 1. The van der Waals surface area contributed by atoms with Crippen LogP contribution in [0.5, 0.6) is 0 Å². The van der Waals surface area contributed by atoms with Crippen LogP contribution >= 0.6 is 11.8 Å². The average Bonchev–Trinajstić information content (AvgIpc) is 2.37. The van der Waals surface area contributed by atoms with Gasteiger partial charge in [-0.3, -0.25) is 9.59 Å². The number of carbonyl (C=O) groups excluding carboxylic acids is 2. The maximum Gasteiger partial charge on any atom is 0.243 e. The first kappa shape index (κ1) is 18.0. The third-order valence-corrected chi connectivity index (χ3v) is 3.51. The Kier molecular flexibility index (Phi) is 12.8. The molecule has 19 heavy (non-hydrogen) atoms. The summed E-state index contributed by atoms with van der Waals surface area (Å²) in [5.74, 6) is 0.635. The lowest BCUT2D eigenvalue weighted by Crippen LogP contribution is -2.24. The van der Waals surface area contributed by atoms with Gasteiger partial charge in [0.2, 0.25) is 11.8 Å². The highest BCUT2D eigenvalue weighted by Crippen LogP contribution is 2.05. The number of nitrogens with two attached hydrogens (primary N) is 1. The summed E-state index contributed by atoms with van der Waals surface area (Å²) >= 11 is 1.43. The fourth-order valence-corrected chi connectivity index (χ4v) is 2.13. The Morgan fingerprint density at radius 1 is 1.21 bits per heavy atom. The molecule has 0 aliphatic carbocycles. The Balaban J connectivity index is 3.35. The standard InChI is InChI=1S/C14H26N2O2S/c1-2-3-4-5-6-7-8-9-14(18)16-10-11-19-12-13(15)17/h8-9H,2-7,10-12H2,1H3,(H2,15,17)(H,16,18). The number of unbranched alkanes of at least 4 members (excludes halogenated alkanes) is 5. The summed E-state index contributed by atoms with van der Waals surface area (Å²) < 4.78 is 0. The van der Waals surface area contributed by atoms with Crippen molar-refractivity contribution in [3.63, 3.8) is 0 Å². The summed E-state index contributed by atoms with van der Waals surface area (Å²) in [7, 11) is 0. The normalized spacial score (nSPS) is 10.8. The minimum absolute atomic E-state index is 0.0618. The molecule has 0 bridgehead atoms. The third kappa shape index (κ3) is 15.0. The molecule has 0 unspecified atom stereocenters. The molecule has 2 amide bonds. The number of hydrogen-bond acceptors (Lipinski definition) is 3. The fraction of sp³-hybridized carbons (Fsp3) is 0.714. The van der Waals surface area contributed by atoms with E-state index in [1.54, 1.807) is 6.08 Å². The molecule has 3 N–H and O–H groups in total. The van der Waals surface area contributed by atoms with Crippen LogP contribution in [-0.2, 0) is 9.59 Å². The molecule has 5 heteroatoms. The lowest BCUT2D eigenvalue weighted by Gasteiger charge is -2.01. The molecular formula is C14H26N2O2S. The summed E-state index contributed by atoms with van der Waals surface area (Å²) in [6.07, 6.45) is 10.7. The highest BCUT2D eigenvalue weighted by Gasteiger charge is 1.96. The molecule has 0 saturated carbocycles. The third-order valence-electron chi connectivity index (χ3n) is 2.53. The number of allylic oxidation sites excluding steroid dienone is 1. The highest BCUT2D eigenvalue weighted by molar-refractivity contribution is 7.99. The van der Waals surface area contributed by atoms with Crippen molar-refractivity contribution in [2.75, 3.05) is 18.1 Å². The van der Waals surface area contributed by atoms with Crippen LogP contribution in [0.3, 0.4) is 0 Å². The van der Waals surface area contributed by atoms with E-state index in [1.165, 1.54) is 37.4 Å². The first-order valence-electron chi connectivity index (χ1n) is 6.97. The van der Waals surface area contributed by atoms with Crippen molar-refractivity contribution in [2.24, 2.45) is 5.73 Å². The van der Waals surface area contributed by atoms with Gasteiger partial charge in [-0.15, -0.1) is 0 Å². The molecule has 0 rings (SSSR count). The molecule has 0 atom stereocenters. The van der Waals surface area contributed by atoms with Crippen LogP contribution in [0.25, 0.3) is 0 Å². The summed E-state index contributed by atoms with van der Waals surface area (Å²) in [5, 5.41) is 2.77. The van der Waals surface area contributed by atoms with Crippen LogP contribution in [0.1, 0.15) is 45.4 Å². The number of carbonyl (C=O) groups is 2. The minimum Gasteiger partial charge on any atom is -0.369 e. The molecule has 110 valence electrons. The maximum atomic E-state index is 11.4. The van der Waals surface area contributed by atoms with Crippen LogP contribution in [-0.4, -0.2) is 29.9 Å². The molecule has 0 aliphatic rings. The summed E-state index contributed by atoms with van der Waals surface area (Å²) in [6, 6.07) is 0. The van der Waals surface area contributed by atoms with Gasteiger partial charge in [0.1, 0.15) is 0 Å². The second kappa shape index (κ2) is 13.5. The van der Waals surface area contributed by atoms with Gasteiger partial charge in [-0.2, -0.15) is 11.8 Å². The van der Waals surface area contributed by atoms with E-state index in [0.717, 1.165) is 12.8 Å². The van der Waals surface area contributed by atoms with E-state index in [2.05, 4.69) is 12.2 Å². The van der Waals surface area contributed by atoms with Crippen LogP contribution in [0.15, 0.2) is 12.2 Å². The molecule has 0 spiro atoms. The Morgan fingerprint density at radius 2 is 1.95 bits per heavy atom. The van der Waals surface area contributed by atoms with Gasteiger partial charge in [0, 0.05) is 12.3 Å². The lowest BCUT2D eigenvalue weighted by atomic mass is 10.1. The average molecular weight is 286 g/mol. The molecule has 0 saturated heterocycles. The van der Waals surface area contributed by atoms with E-state index in [0.29, 0.717) is 18.1 Å². The molecule has 0 radical (unpaired) electrons. The van der Waals surface area contributed by atoms with Gasteiger partial charge in [-0.1, -0.05) is 38.7 Å². The maximum absolute atomic E-state index is 11.4. The van der Waals surface area contributed by atoms with E-state index < -0.39 is 0 Å². The fourth-order valence-electron chi connectivity index (χ4n) is 1.53. The number of thioether (sulfide) groups is 1. The minimum atomic E-state index is -0.320. The van der Waals surface area contributed by atoms with Gasteiger partial charge in [0.15, 0.2) is 0 Å². The van der Waals surface area contributed by atoms with E-state index in [9.17, 15) is 9.59 Å². The van der Waals surface area contributed by atoms with Crippen molar-refractivity contribution in [3.05, 3.63) is 12.2 Å². The molecule has 0 aromatic heterocycles. The number of primary amides is 1. The topological polar surface area (TPSA) is 72.2 Å². The Labute approximate surface area is 120 Å². The Morgan fingerprint density at radius 3 is 2.63 bits per heavy atom. The molecule has 0 aromatic carbocycles. The highest BCUT2D eigenvalue weighted by atomic mass is 32.2. The largest absolute Gasteiger partial charge is 0.369 e. The molecule has 0 heterocycles. The van der Waals surface area contributed by atoms with Crippen LogP contribution < -0.4 is 11.1 Å². The van der Waals surface area contributed by atoms with Crippen LogP contribution in [0.2, 0.25) is 0 Å². The monoisotopic (exact) mass is 286 g/mol. The Bertz CT molecular complexity index is 281. The smallest absolute Gasteiger partial charge is 0.243 e. The van der Waals surface area contributed by atoms with Crippen LogP contribution in [0.4, 0.5) is 0 Å². The number of amides is 2. The molecule has 4 nitrogen and oxygen atoms in total. The van der Waals surface area contributed by atoms with Crippen molar-refractivity contribution in [1.82, 2.24) is 5.32 Å². The van der Waals surface area contributed by atoms with E-state index in [4.69, 9.17) is 5.73 Å².